The molecule has 0 atom stereocenters. The zero-order valence-corrected chi connectivity index (χ0v) is 15.2. The number of nitrogens with zero attached hydrogens (tertiary/aromatic N) is 2. The summed E-state index contributed by atoms with van der Waals surface area (Å²) in [4.78, 5) is 25.5. The van der Waals surface area contributed by atoms with Gasteiger partial charge in [-0.1, -0.05) is 0 Å². The Bertz CT molecular complexity index is 1060. The van der Waals surface area contributed by atoms with Crippen LogP contribution in [0.1, 0.15) is 35.8 Å². The molecule has 0 fully saturated rings. The molecule has 0 saturated heterocycles. The van der Waals surface area contributed by atoms with Crippen LogP contribution in [0.5, 0.6) is 5.75 Å². The van der Waals surface area contributed by atoms with E-state index in [1.54, 1.807) is 28.0 Å². The third kappa shape index (κ3) is 2.62. The minimum atomic E-state index is -0.481. The minimum absolute atomic E-state index is 0.00639. The van der Waals surface area contributed by atoms with Crippen molar-refractivity contribution in [3.05, 3.63) is 45.9 Å². The quantitative estimate of drug-likeness (QED) is 0.739. The molecule has 3 heterocycles. The second-order valence-corrected chi connectivity index (χ2v) is 7.51. The second kappa shape index (κ2) is 6.14. The Balaban J connectivity index is 1.86. The summed E-state index contributed by atoms with van der Waals surface area (Å²) >= 11 is 1.57. The first-order valence-corrected chi connectivity index (χ1v) is 9.14. The summed E-state index contributed by atoms with van der Waals surface area (Å²) < 4.78 is 7.47. The lowest BCUT2D eigenvalue weighted by Crippen LogP contribution is -2.19. The number of H-pyrrole nitrogens is 1. The first-order chi connectivity index (χ1) is 12.5. The van der Waals surface area contributed by atoms with Crippen molar-refractivity contribution in [3.8, 4) is 26.9 Å². The van der Waals surface area contributed by atoms with Crippen molar-refractivity contribution < 1.29 is 9.53 Å². The Morgan fingerprint density at radius 1 is 1.38 bits per heavy atom. The number of nitrogens with one attached hydrogen (secondary N) is 1. The van der Waals surface area contributed by atoms with Gasteiger partial charge in [0.1, 0.15) is 5.75 Å². The van der Waals surface area contributed by atoms with Gasteiger partial charge in [0.15, 0.2) is 5.82 Å². The van der Waals surface area contributed by atoms with Crippen molar-refractivity contribution in [2.45, 2.75) is 26.3 Å². The normalized spacial score (nSPS) is 13.0. The monoisotopic (exact) mass is 370 g/mol. The average molecular weight is 370 g/mol. The van der Waals surface area contributed by atoms with Gasteiger partial charge < -0.3 is 10.5 Å². The minimum Gasteiger partial charge on any atom is -0.493 e. The molecule has 1 aliphatic heterocycles. The highest BCUT2D eigenvalue weighted by atomic mass is 32.1. The van der Waals surface area contributed by atoms with E-state index in [4.69, 9.17) is 10.5 Å². The number of ether oxygens (including phenoxy) is 1. The predicted octanol–water partition coefficient (Wildman–Crippen LogP) is 2.58. The Morgan fingerprint density at radius 2 is 2.19 bits per heavy atom. The average Bonchev–Trinajstić information content (AvgIpc) is 3.14. The number of rotatable bonds is 3. The van der Waals surface area contributed by atoms with Gasteiger partial charge in [-0.05, 0) is 43.7 Å². The molecular weight excluding hydrogens is 352 g/mol. The number of primary amides is 1. The first kappa shape index (κ1) is 16.6. The van der Waals surface area contributed by atoms with Crippen molar-refractivity contribution in [2.75, 3.05) is 6.61 Å². The van der Waals surface area contributed by atoms with Crippen molar-refractivity contribution >= 4 is 17.2 Å². The van der Waals surface area contributed by atoms with Crippen molar-refractivity contribution in [2.24, 2.45) is 5.73 Å². The molecule has 2 aromatic heterocycles. The molecule has 0 unspecified atom stereocenters. The third-order valence-electron chi connectivity index (χ3n) is 4.39. The fourth-order valence-corrected chi connectivity index (χ4v) is 4.39. The lowest BCUT2D eigenvalue weighted by molar-refractivity contribution is 0.1000. The van der Waals surface area contributed by atoms with E-state index in [1.165, 1.54) is 0 Å². The summed E-state index contributed by atoms with van der Waals surface area (Å²) in [5.74, 6) is 0.807. The Hall–Kier alpha value is -2.87. The third-order valence-corrected chi connectivity index (χ3v) is 5.60. The highest BCUT2D eigenvalue weighted by molar-refractivity contribution is 7.19. The molecule has 8 heteroatoms. The molecule has 0 spiro atoms. The Labute approximate surface area is 153 Å². The van der Waals surface area contributed by atoms with Crippen molar-refractivity contribution in [1.82, 2.24) is 14.8 Å². The molecule has 0 radical (unpaired) electrons. The highest BCUT2D eigenvalue weighted by Crippen LogP contribution is 2.43. The van der Waals surface area contributed by atoms with Crippen LogP contribution in [-0.2, 0) is 6.42 Å². The number of hydrogen-bond acceptors (Lipinski definition) is 5. The van der Waals surface area contributed by atoms with Gasteiger partial charge in [0.2, 0.25) is 5.91 Å². The van der Waals surface area contributed by atoms with Gasteiger partial charge in [-0.15, -0.1) is 11.3 Å². The fraction of sp³-hybridized carbons (Fsp3) is 0.278. The van der Waals surface area contributed by atoms with Crippen LogP contribution in [0.15, 0.2) is 29.1 Å². The molecule has 3 aromatic rings. The number of hydrogen-bond donors (Lipinski definition) is 2. The smallest absolute Gasteiger partial charge is 0.343 e. The summed E-state index contributed by atoms with van der Waals surface area (Å²) in [5.41, 5.74) is 7.64. The van der Waals surface area contributed by atoms with Crippen molar-refractivity contribution in [1.29, 1.82) is 0 Å². The molecule has 1 amide bonds. The van der Waals surface area contributed by atoms with Crippen LogP contribution >= 0.6 is 11.3 Å². The molecule has 4 rings (SSSR count). The van der Waals surface area contributed by atoms with Gasteiger partial charge in [-0.2, -0.15) is 5.10 Å². The number of benzene rings is 1. The summed E-state index contributed by atoms with van der Waals surface area (Å²) in [6.07, 6.45) is 0.739. The molecule has 26 heavy (non-hydrogen) atoms. The molecule has 0 saturated carbocycles. The lowest BCUT2D eigenvalue weighted by atomic mass is 10.1. The molecule has 7 nitrogen and oxygen atoms in total. The van der Waals surface area contributed by atoms with Crippen LogP contribution < -0.4 is 16.2 Å². The van der Waals surface area contributed by atoms with E-state index in [9.17, 15) is 9.59 Å². The van der Waals surface area contributed by atoms with E-state index in [0.29, 0.717) is 23.7 Å². The maximum atomic E-state index is 12.0. The van der Waals surface area contributed by atoms with E-state index in [-0.39, 0.29) is 11.7 Å². The number of carbonyl (C=O) groups is 1. The largest absolute Gasteiger partial charge is 0.493 e. The maximum Gasteiger partial charge on any atom is 0.343 e. The van der Waals surface area contributed by atoms with E-state index in [1.807, 2.05) is 19.9 Å². The maximum absolute atomic E-state index is 12.0. The van der Waals surface area contributed by atoms with Gasteiger partial charge in [0.25, 0.3) is 0 Å². The summed E-state index contributed by atoms with van der Waals surface area (Å²) in [7, 11) is 0. The topological polar surface area (TPSA) is 103 Å². The van der Waals surface area contributed by atoms with E-state index >= 15 is 0 Å². The van der Waals surface area contributed by atoms with Crippen LogP contribution in [-0.4, -0.2) is 27.3 Å². The number of fused-ring (bicyclic) bond motifs is 3. The van der Waals surface area contributed by atoms with Gasteiger partial charge in [0.05, 0.1) is 11.5 Å². The van der Waals surface area contributed by atoms with Crippen LogP contribution in [0.25, 0.3) is 21.1 Å². The molecule has 1 aliphatic rings. The summed E-state index contributed by atoms with van der Waals surface area (Å²) in [6, 6.07) is 7.32. The van der Waals surface area contributed by atoms with Crippen LogP contribution in [0.3, 0.4) is 0 Å². The first-order valence-electron chi connectivity index (χ1n) is 8.32. The molecule has 0 aliphatic carbocycles. The SMILES string of the molecule is CC(C)n1c(-c2cc3c(s2)-c2ccc(C(N)=O)cc2OCC3)n[nH]c1=O. The van der Waals surface area contributed by atoms with Gasteiger partial charge in [-0.3, -0.25) is 9.36 Å². The second-order valence-electron chi connectivity index (χ2n) is 6.45. The molecule has 3 N–H and O–H groups in total. The fourth-order valence-electron chi connectivity index (χ4n) is 3.16. The Kier molecular flexibility index (Phi) is 3.91. The van der Waals surface area contributed by atoms with Gasteiger partial charge in [-0.25, -0.2) is 9.89 Å². The van der Waals surface area contributed by atoms with Gasteiger partial charge >= 0.3 is 5.69 Å². The van der Waals surface area contributed by atoms with Gasteiger partial charge in [0, 0.05) is 28.5 Å². The summed E-state index contributed by atoms with van der Waals surface area (Å²) in [5, 5.41) is 6.75. The molecule has 134 valence electrons. The predicted molar refractivity (Wildman–Crippen MR) is 99.7 cm³/mol. The van der Waals surface area contributed by atoms with Crippen LogP contribution in [0, 0.1) is 0 Å². The Morgan fingerprint density at radius 3 is 2.92 bits per heavy atom. The van der Waals surface area contributed by atoms with E-state index < -0.39 is 5.91 Å². The zero-order chi connectivity index (χ0) is 18.4. The number of carbonyl (C=O) groups excluding carboxylic acids is 1. The number of aromatic amines is 1. The number of aromatic nitrogens is 3. The van der Waals surface area contributed by atoms with Crippen LogP contribution in [0.4, 0.5) is 0 Å². The molecular formula is C18H18N4O3S. The lowest BCUT2D eigenvalue weighted by Gasteiger charge is -2.09. The van der Waals surface area contributed by atoms with Crippen molar-refractivity contribution in [3.63, 3.8) is 0 Å². The standard InChI is InChI=1S/C18H18N4O3S/c1-9(2)22-17(20-21-18(22)24)14-8-10-5-6-25-13-7-11(16(19)23)3-4-12(13)15(10)26-14/h3-4,7-9H,5-6H2,1-2H3,(H2,19,23)(H,21,24). The zero-order valence-electron chi connectivity index (χ0n) is 14.4. The number of amides is 1. The molecule has 1 aromatic carbocycles. The summed E-state index contributed by atoms with van der Waals surface area (Å²) in [6.45, 7) is 4.41. The van der Waals surface area contributed by atoms with Crippen LogP contribution in [0.2, 0.25) is 0 Å². The van der Waals surface area contributed by atoms with E-state index in [0.717, 1.165) is 27.3 Å². The van der Waals surface area contributed by atoms with E-state index in [2.05, 4.69) is 16.3 Å². The molecule has 0 bridgehead atoms. The highest BCUT2D eigenvalue weighted by Gasteiger charge is 2.23. The number of thiophene rings is 1. The number of nitrogens with two attached hydrogens (primary N) is 1.